The zero-order valence-electron chi connectivity index (χ0n) is 11.0. The van der Waals surface area contributed by atoms with Crippen molar-refractivity contribution in [3.05, 3.63) is 65.2 Å². The molecule has 2 aromatic rings. The highest BCUT2D eigenvalue weighted by atomic mass is 32.2. The molecule has 0 fully saturated rings. The maximum Gasteiger partial charge on any atom is 0.263 e. The molecular formula is C15H14N2O2S. The van der Waals surface area contributed by atoms with Gasteiger partial charge in [0.05, 0.1) is 11.4 Å². The van der Waals surface area contributed by atoms with Gasteiger partial charge in [-0.15, -0.1) is 0 Å². The van der Waals surface area contributed by atoms with Crippen molar-refractivity contribution in [3.63, 3.8) is 0 Å². The lowest BCUT2D eigenvalue weighted by atomic mass is 10.1. The maximum atomic E-state index is 11.9. The van der Waals surface area contributed by atoms with E-state index in [1.807, 2.05) is 37.3 Å². The van der Waals surface area contributed by atoms with Gasteiger partial charge in [0.1, 0.15) is 5.84 Å². The summed E-state index contributed by atoms with van der Waals surface area (Å²) in [6.45, 7) is 2.47. The van der Waals surface area contributed by atoms with E-state index < -0.39 is 10.0 Å². The minimum absolute atomic E-state index is 0.295. The number of hydrogen-bond donors (Lipinski definition) is 1. The van der Waals surface area contributed by atoms with Gasteiger partial charge in [-0.1, -0.05) is 36.4 Å². The van der Waals surface area contributed by atoms with E-state index in [2.05, 4.69) is 9.71 Å². The molecule has 1 heterocycles. The van der Waals surface area contributed by atoms with Gasteiger partial charge in [0.15, 0.2) is 0 Å². The van der Waals surface area contributed by atoms with Gasteiger partial charge in [-0.3, -0.25) is 9.71 Å². The fourth-order valence-electron chi connectivity index (χ4n) is 2.20. The van der Waals surface area contributed by atoms with Crippen LogP contribution < -0.4 is 4.72 Å². The molecule has 20 heavy (non-hydrogen) atoms. The number of benzene rings is 2. The van der Waals surface area contributed by atoms with E-state index in [9.17, 15) is 8.42 Å². The van der Waals surface area contributed by atoms with Crippen LogP contribution in [0.3, 0.4) is 0 Å². The van der Waals surface area contributed by atoms with Crippen LogP contribution >= 0.6 is 0 Å². The van der Waals surface area contributed by atoms with Crippen LogP contribution in [0.15, 0.2) is 58.4 Å². The van der Waals surface area contributed by atoms with Gasteiger partial charge in [-0.05, 0) is 30.2 Å². The summed E-state index contributed by atoms with van der Waals surface area (Å²) in [6, 6.07) is 14.8. The van der Waals surface area contributed by atoms with Gasteiger partial charge in [0.25, 0.3) is 10.0 Å². The molecule has 1 aliphatic heterocycles. The van der Waals surface area contributed by atoms with E-state index in [-0.39, 0.29) is 0 Å². The number of hydrogen-bond acceptors (Lipinski definition) is 3. The minimum atomic E-state index is -3.45. The molecule has 1 aliphatic rings. The Balaban J connectivity index is 1.97. The number of aliphatic imine (C=N–C) groups is 1. The molecule has 0 amide bonds. The van der Waals surface area contributed by atoms with Crippen molar-refractivity contribution >= 4 is 15.9 Å². The third-order valence-electron chi connectivity index (χ3n) is 3.33. The Hall–Kier alpha value is -2.14. The van der Waals surface area contributed by atoms with Crippen molar-refractivity contribution in [2.75, 3.05) is 0 Å². The normalized spacial score (nSPS) is 17.8. The lowest BCUT2D eigenvalue weighted by Gasteiger charge is -2.03. The Bertz CT molecular complexity index is 795. The molecule has 0 saturated carbocycles. The highest BCUT2D eigenvalue weighted by Gasteiger charge is 2.29. The van der Waals surface area contributed by atoms with E-state index in [4.69, 9.17) is 0 Å². The van der Waals surface area contributed by atoms with Crippen LogP contribution in [0.25, 0.3) is 0 Å². The average molecular weight is 286 g/mol. The summed E-state index contributed by atoms with van der Waals surface area (Å²) in [5, 5.41) is 0. The highest BCUT2D eigenvalue weighted by Crippen LogP contribution is 2.22. The van der Waals surface area contributed by atoms with Crippen LogP contribution in [0, 0.1) is 6.92 Å². The molecule has 0 aromatic heterocycles. The Labute approximate surface area is 118 Å². The van der Waals surface area contributed by atoms with Crippen molar-refractivity contribution in [1.29, 1.82) is 0 Å². The number of nitrogens with one attached hydrogen (secondary N) is 1. The molecule has 3 rings (SSSR count). The van der Waals surface area contributed by atoms with Crippen LogP contribution in [0.2, 0.25) is 0 Å². The number of rotatable bonds is 2. The van der Waals surface area contributed by atoms with Gasteiger partial charge in [-0.25, -0.2) is 8.42 Å². The largest absolute Gasteiger partial charge is 0.263 e. The van der Waals surface area contributed by atoms with E-state index in [0.717, 1.165) is 11.1 Å². The van der Waals surface area contributed by atoms with Crippen molar-refractivity contribution < 1.29 is 8.42 Å². The van der Waals surface area contributed by atoms with Crippen LogP contribution in [-0.4, -0.2) is 14.3 Å². The Morgan fingerprint density at radius 2 is 1.75 bits per heavy atom. The molecule has 2 aromatic carbocycles. The second-order valence-corrected chi connectivity index (χ2v) is 6.34. The van der Waals surface area contributed by atoms with E-state index in [0.29, 0.717) is 22.8 Å². The zero-order chi connectivity index (χ0) is 14.2. The molecule has 0 atom stereocenters. The van der Waals surface area contributed by atoms with Crippen LogP contribution in [-0.2, 0) is 16.6 Å². The molecule has 0 radical (unpaired) electrons. The number of nitrogens with zero attached hydrogens (tertiary/aromatic N) is 1. The third-order valence-corrected chi connectivity index (χ3v) is 4.73. The Morgan fingerprint density at radius 1 is 1.05 bits per heavy atom. The number of amidine groups is 1. The van der Waals surface area contributed by atoms with Gasteiger partial charge in [0.2, 0.25) is 0 Å². The molecule has 5 heteroatoms. The molecule has 0 spiro atoms. The standard InChI is InChI=1S/C15H14N2O2S/c1-11-6-2-3-7-12(11)10-16-15-13-8-4-5-9-14(13)20(18,19)17-15/h2-9H,10H2,1H3,(H,16,17). The fraction of sp³-hybridized carbons (Fsp3) is 0.133. The molecule has 1 N–H and O–H groups in total. The van der Waals surface area contributed by atoms with Crippen LogP contribution in [0.1, 0.15) is 16.7 Å². The second kappa shape index (κ2) is 4.76. The summed E-state index contributed by atoms with van der Waals surface area (Å²) in [5.74, 6) is 0.420. The Kier molecular flexibility index (Phi) is 3.06. The van der Waals surface area contributed by atoms with Gasteiger partial charge in [-0.2, -0.15) is 0 Å². The minimum Gasteiger partial charge on any atom is -0.263 e. The topological polar surface area (TPSA) is 58.5 Å². The van der Waals surface area contributed by atoms with Crippen molar-refractivity contribution in [3.8, 4) is 0 Å². The van der Waals surface area contributed by atoms with Gasteiger partial charge < -0.3 is 0 Å². The van der Waals surface area contributed by atoms with E-state index in [1.54, 1.807) is 18.2 Å². The molecule has 0 saturated heterocycles. The molecular weight excluding hydrogens is 272 g/mol. The first-order valence-corrected chi connectivity index (χ1v) is 7.77. The van der Waals surface area contributed by atoms with Crippen molar-refractivity contribution in [1.82, 2.24) is 4.72 Å². The summed E-state index contributed by atoms with van der Waals surface area (Å²) in [6.07, 6.45) is 0. The summed E-state index contributed by atoms with van der Waals surface area (Å²) in [7, 11) is -3.45. The molecule has 0 unspecified atom stereocenters. The number of fused-ring (bicyclic) bond motifs is 1. The van der Waals surface area contributed by atoms with Crippen molar-refractivity contribution in [2.24, 2.45) is 4.99 Å². The summed E-state index contributed by atoms with van der Waals surface area (Å²) >= 11 is 0. The monoisotopic (exact) mass is 286 g/mol. The highest BCUT2D eigenvalue weighted by molar-refractivity contribution is 7.90. The van der Waals surface area contributed by atoms with Gasteiger partial charge in [0, 0.05) is 5.56 Å². The quantitative estimate of drug-likeness (QED) is 0.920. The zero-order valence-corrected chi connectivity index (χ0v) is 11.8. The summed E-state index contributed by atoms with van der Waals surface area (Å²) in [4.78, 5) is 4.71. The second-order valence-electron chi connectivity index (χ2n) is 4.69. The lowest BCUT2D eigenvalue weighted by Crippen LogP contribution is -2.22. The van der Waals surface area contributed by atoms with Crippen molar-refractivity contribution in [2.45, 2.75) is 18.4 Å². The first kappa shape index (κ1) is 12.9. The third kappa shape index (κ3) is 2.20. The molecule has 0 aliphatic carbocycles. The first-order chi connectivity index (χ1) is 9.58. The molecule has 102 valence electrons. The molecule has 0 bridgehead atoms. The molecule has 4 nitrogen and oxygen atoms in total. The Morgan fingerprint density at radius 3 is 2.55 bits per heavy atom. The smallest absolute Gasteiger partial charge is 0.263 e. The van der Waals surface area contributed by atoms with Gasteiger partial charge >= 0.3 is 0 Å². The predicted molar refractivity (Wildman–Crippen MR) is 78.2 cm³/mol. The average Bonchev–Trinajstić information content (AvgIpc) is 2.70. The predicted octanol–water partition coefficient (Wildman–Crippen LogP) is 2.23. The number of sulfonamides is 1. The first-order valence-electron chi connectivity index (χ1n) is 6.29. The van der Waals surface area contributed by atoms with E-state index >= 15 is 0 Å². The SMILES string of the molecule is Cc1ccccc1CN=C1NS(=O)(=O)c2ccccc21. The van der Waals surface area contributed by atoms with E-state index in [1.165, 1.54) is 0 Å². The summed E-state index contributed by atoms with van der Waals surface area (Å²) < 4.78 is 26.4. The number of aryl methyl sites for hydroxylation is 1. The maximum absolute atomic E-state index is 11.9. The summed E-state index contributed by atoms with van der Waals surface area (Å²) in [5.41, 5.74) is 2.87. The lowest BCUT2D eigenvalue weighted by molar-refractivity contribution is 0.595. The van der Waals surface area contributed by atoms with Crippen LogP contribution in [0.5, 0.6) is 0 Å². The fourth-order valence-corrected chi connectivity index (χ4v) is 3.45. The van der Waals surface area contributed by atoms with Crippen LogP contribution in [0.4, 0.5) is 0 Å².